The van der Waals surface area contributed by atoms with Crippen LogP contribution >= 0.6 is 0 Å². The van der Waals surface area contributed by atoms with Crippen molar-refractivity contribution in [2.24, 2.45) is 5.92 Å². The van der Waals surface area contributed by atoms with Gasteiger partial charge in [-0.15, -0.1) is 0 Å². The Kier molecular flexibility index (Phi) is 3.89. The first-order valence-corrected chi connectivity index (χ1v) is 7.74. The number of nitrogens with one attached hydrogen (secondary N) is 1. The minimum absolute atomic E-state index is 0.307. The van der Waals surface area contributed by atoms with Gasteiger partial charge in [0.05, 0.1) is 0 Å². The number of hydrogen-bond donors (Lipinski definition) is 2. The fourth-order valence-corrected chi connectivity index (χ4v) is 2.81. The molecular formula is C14H24N6. The molecule has 1 atom stereocenters. The van der Waals surface area contributed by atoms with Crippen LogP contribution in [0.3, 0.4) is 0 Å². The average molecular weight is 276 g/mol. The quantitative estimate of drug-likeness (QED) is 0.856. The highest BCUT2D eigenvalue weighted by Gasteiger charge is 2.24. The maximum absolute atomic E-state index is 5.83. The van der Waals surface area contributed by atoms with Gasteiger partial charge in [0.2, 0.25) is 17.8 Å². The van der Waals surface area contributed by atoms with Crippen LogP contribution in [0.15, 0.2) is 0 Å². The molecule has 110 valence electrons. The Hall–Kier alpha value is -1.59. The zero-order valence-corrected chi connectivity index (χ0v) is 12.2. The second kappa shape index (κ2) is 5.81. The van der Waals surface area contributed by atoms with Crippen molar-refractivity contribution in [3.05, 3.63) is 0 Å². The normalized spacial score (nSPS) is 20.8. The summed E-state index contributed by atoms with van der Waals surface area (Å²) in [5.74, 6) is 2.53. The van der Waals surface area contributed by atoms with Crippen molar-refractivity contribution in [1.29, 1.82) is 0 Å². The highest BCUT2D eigenvalue weighted by Crippen LogP contribution is 2.33. The van der Waals surface area contributed by atoms with E-state index < -0.39 is 0 Å². The molecule has 0 spiro atoms. The van der Waals surface area contributed by atoms with Crippen molar-refractivity contribution in [3.63, 3.8) is 0 Å². The van der Waals surface area contributed by atoms with Gasteiger partial charge < -0.3 is 16.0 Å². The highest BCUT2D eigenvalue weighted by atomic mass is 15.3. The van der Waals surface area contributed by atoms with Gasteiger partial charge in [0.25, 0.3) is 0 Å². The van der Waals surface area contributed by atoms with E-state index in [-0.39, 0.29) is 0 Å². The summed E-state index contributed by atoms with van der Waals surface area (Å²) in [7, 11) is 0. The molecule has 1 saturated heterocycles. The van der Waals surface area contributed by atoms with Crippen LogP contribution in [0.1, 0.15) is 45.4 Å². The van der Waals surface area contributed by atoms with Crippen LogP contribution < -0.4 is 16.0 Å². The summed E-state index contributed by atoms with van der Waals surface area (Å²) >= 11 is 0. The van der Waals surface area contributed by atoms with E-state index in [1.807, 2.05) is 0 Å². The van der Waals surface area contributed by atoms with Gasteiger partial charge in [0, 0.05) is 19.1 Å². The number of piperidine rings is 1. The monoisotopic (exact) mass is 276 g/mol. The smallest absolute Gasteiger partial charge is 0.231 e. The van der Waals surface area contributed by atoms with Crippen molar-refractivity contribution in [3.8, 4) is 0 Å². The number of nitrogens with two attached hydrogens (primary N) is 1. The molecule has 0 radical (unpaired) electrons. The van der Waals surface area contributed by atoms with E-state index in [9.17, 15) is 0 Å². The molecule has 6 nitrogen and oxygen atoms in total. The van der Waals surface area contributed by atoms with Crippen molar-refractivity contribution in [1.82, 2.24) is 15.0 Å². The molecule has 3 N–H and O–H groups in total. The lowest BCUT2D eigenvalue weighted by molar-refractivity contribution is 0.567. The summed E-state index contributed by atoms with van der Waals surface area (Å²) in [5, 5.41) is 3.36. The minimum atomic E-state index is 0.307. The van der Waals surface area contributed by atoms with Gasteiger partial charge in [0.15, 0.2) is 0 Å². The SMILES string of the molecule is CC(CC1CC1)Nc1nc(N)nc(N2CCCCC2)n1. The molecule has 1 aromatic rings. The zero-order chi connectivity index (χ0) is 13.9. The molecule has 1 saturated carbocycles. The summed E-state index contributed by atoms with van der Waals surface area (Å²) in [6.07, 6.45) is 7.61. The van der Waals surface area contributed by atoms with Gasteiger partial charge in [0.1, 0.15) is 0 Å². The second-order valence-corrected chi connectivity index (χ2v) is 6.09. The van der Waals surface area contributed by atoms with Crippen LogP contribution in [0.5, 0.6) is 0 Å². The van der Waals surface area contributed by atoms with Crippen molar-refractivity contribution >= 4 is 17.8 Å². The lowest BCUT2D eigenvalue weighted by Crippen LogP contribution is -2.32. The third-order valence-electron chi connectivity index (χ3n) is 4.04. The Balaban J connectivity index is 1.68. The first-order valence-electron chi connectivity index (χ1n) is 7.74. The third-order valence-corrected chi connectivity index (χ3v) is 4.04. The van der Waals surface area contributed by atoms with E-state index in [2.05, 4.69) is 32.1 Å². The molecular weight excluding hydrogens is 252 g/mol. The number of nitrogen functional groups attached to an aromatic ring is 1. The second-order valence-electron chi connectivity index (χ2n) is 6.09. The highest BCUT2D eigenvalue weighted by molar-refractivity contribution is 5.42. The molecule has 0 amide bonds. The van der Waals surface area contributed by atoms with Gasteiger partial charge in [-0.1, -0.05) is 12.8 Å². The Bertz CT molecular complexity index is 453. The Morgan fingerprint density at radius 1 is 1.20 bits per heavy atom. The first-order chi connectivity index (χ1) is 9.70. The Morgan fingerprint density at radius 3 is 2.65 bits per heavy atom. The summed E-state index contributed by atoms with van der Waals surface area (Å²) in [6.45, 7) is 4.21. The molecule has 1 unspecified atom stereocenters. The lowest BCUT2D eigenvalue weighted by atomic mass is 10.1. The summed E-state index contributed by atoms with van der Waals surface area (Å²) < 4.78 is 0. The summed E-state index contributed by atoms with van der Waals surface area (Å²) in [5.41, 5.74) is 5.83. The van der Waals surface area contributed by atoms with Crippen molar-refractivity contribution in [2.45, 2.75) is 51.5 Å². The van der Waals surface area contributed by atoms with Gasteiger partial charge in [-0.05, 0) is 38.5 Å². The van der Waals surface area contributed by atoms with E-state index in [0.717, 1.165) is 25.0 Å². The average Bonchev–Trinajstić information content (AvgIpc) is 3.23. The zero-order valence-electron chi connectivity index (χ0n) is 12.2. The molecule has 2 fully saturated rings. The first kappa shape index (κ1) is 13.4. The van der Waals surface area contributed by atoms with Gasteiger partial charge in [-0.3, -0.25) is 0 Å². The summed E-state index contributed by atoms with van der Waals surface area (Å²) in [4.78, 5) is 15.2. The third kappa shape index (κ3) is 3.49. The fourth-order valence-electron chi connectivity index (χ4n) is 2.81. The van der Waals surface area contributed by atoms with Gasteiger partial charge >= 0.3 is 0 Å². The number of rotatable bonds is 5. The predicted molar refractivity (Wildman–Crippen MR) is 80.7 cm³/mol. The number of nitrogens with zero attached hydrogens (tertiary/aromatic N) is 4. The minimum Gasteiger partial charge on any atom is -0.368 e. The molecule has 1 aliphatic carbocycles. The van der Waals surface area contributed by atoms with E-state index in [1.165, 1.54) is 38.5 Å². The lowest BCUT2D eigenvalue weighted by Gasteiger charge is -2.27. The molecule has 1 aromatic heterocycles. The van der Waals surface area contributed by atoms with E-state index >= 15 is 0 Å². The van der Waals surface area contributed by atoms with Crippen molar-refractivity contribution < 1.29 is 0 Å². The van der Waals surface area contributed by atoms with E-state index in [4.69, 9.17) is 5.73 Å². The van der Waals surface area contributed by atoms with E-state index in [0.29, 0.717) is 17.9 Å². The molecule has 1 aliphatic heterocycles. The van der Waals surface area contributed by atoms with Gasteiger partial charge in [-0.25, -0.2) is 0 Å². The Morgan fingerprint density at radius 2 is 1.95 bits per heavy atom. The van der Waals surface area contributed by atoms with E-state index in [1.54, 1.807) is 0 Å². The van der Waals surface area contributed by atoms with Crippen LogP contribution in [-0.2, 0) is 0 Å². The number of anilines is 3. The maximum Gasteiger partial charge on any atom is 0.231 e. The van der Waals surface area contributed by atoms with Crippen LogP contribution in [0, 0.1) is 5.92 Å². The van der Waals surface area contributed by atoms with Crippen molar-refractivity contribution in [2.75, 3.05) is 29.0 Å². The Labute approximate surface area is 120 Å². The molecule has 0 bridgehead atoms. The topological polar surface area (TPSA) is 80.0 Å². The molecule has 0 aromatic carbocycles. The molecule has 2 aliphatic rings. The molecule has 20 heavy (non-hydrogen) atoms. The number of hydrogen-bond acceptors (Lipinski definition) is 6. The fraction of sp³-hybridized carbons (Fsp3) is 0.786. The predicted octanol–water partition coefficient (Wildman–Crippen LogP) is 2.04. The molecule has 3 rings (SSSR count). The van der Waals surface area contributed by atoms with Crippen LogP contribution in [0.25, 0.3) is 0 Å². The van der Waals surface area contributed by atoms with Crippen LogP contribution in [-0.4, -0.2) is 34.1 Å². The van der Waals surface area contributed by atoms with Crippen LogP contribution in [0.4, 0.5) is 17.8 Å². The maximum atomic E-state index is 5.83. The summed E-state index contributed by atoms with van der Waals surface area (Å²) in [6, 6.07) is 0.388. The molecule has 6 heteroatoms. The largest absolute Gasteiger partial charge is 0.368 e. The molecule has 2 heterocycles. The number of aromatic nitrogens is 3. The standard InChI is InChI=1S/C14H24N6/c1-10(9-11-5-6-11)16-13-17-12(15)18-14(19-13)20-7-3-2-4-8-20/h10-11H,2-9H2,1H3,(H3,15,16,17,18,19). The van der Waals surface area contributed by atoms with Gasteiger partial charge in [-0.2, -0.15) is 15.0 Å². The van der Waals surface area contributed by atoms with Crippen LogP contribution in [0.2, 0.25) is 0 Å².